The van der Waals surface area contributed by atoms with Gasteiger partial charge < -0.3 is 14.6 Å². The Balaban J connectivity index is 2.12. The van der Waals surface area contributed by atoms with Gasteiger partial charge in [-0.1, -0.05) is 0 Å². The fourth-order valence-corrected chi connectivity index (χ4v) is 2.18. The first kappa shape index (κ1) is 11.6. The average Bonchev–Trinajstić information content (AvgIpc) is 2.95. The zero-order valence-electron chi connectivity index (χ0n) is 10.5. The number of aromatic carboxylic acids is 1. The molecule has 0 radical (unpaired) electrons. The van der Waals surface area contributed by atoms with E-state index < -0.39 is 5.97 Å². The lowest BCUT2D eigenvalue weighted by atomic mass is 10.1. The Morgan fingerprint density at radius 3 is 2.84 bits per heavy atom. The Bertz CT molecular complexity index is 676. The Kier molecular flexibility index (Phi) is 2.45. The van der Waals surface area contributed by atoms with E-state index in [-0.39, 0.29) is 12.5 Å². The molecular weight excluding hydrogens is 248 g/mol. The third kappa shape index (κ3) is 1.81. The van der Waals surface area contributed by atoms with Gasteiger partial charge in [0.2, 0.25) is 6.79 Å². The van der Waals surface area contributed by atoms with E-state index in [0.717, 1.165) is 22.6 Å². The first-order chi connectivity index (χ1) is 9.06. The Labute approximate surface area is 109 Å². The normalized spacial score (nSPS) is 12.7. The summed E-state index contributed by atoms with van der Waals surface area (Å²) in [5.74, 6) is 0.372. The predicted molar refractivity (Wildman–Crippen MR) is 66.5 cm³/mol. The number of fused-ring (bicyclic) bond motifs is 1. The maximum atomic E-state index is 10.9. The number of ether oxygens (including phenoxy) is 2. The summed E-state index contributed by atoms with van der Waals surface area (Å²) in [6, 6.07) is 5.30. The van der Waals surface area contributed by atoms with Gasteiger partial charge in [-0.15, -0.1) is 0 Å². The van der Waals surface area contributed by atoms with Gasteiger partial charge in [0.15, 0.2) is 17.2 Å². The van der Waals surface area contributed by atoms with E-state index in [4.69, 9.17) is 14.6 Å². The van der Waals surface area contributed by atoms with Crippen LogP contribution in [0.4, 0.5) is 0 Å². The summed E-state index contributed by atoms with van der Waals surface area (Å²) in [5.41, 5.74) is 2.54. The molecule has 2 heterocycles. The van der Waals surface area contributed by atoms with E-state index in [0.29, 0.717) is 5.75 Å². The quantitative estimate of drug-likeness (QED) is 0.891. The molecule has 1 aromatic carbocycles. The molecule has 1 N–H and O–H groups in total. The van der Waals surface area contributed by atoms with Gasteiger partial charge in [-0.25, -0.2) is 4.79 Å². The number of hydrogen-bond acceptors (Lipinski definition) is 4. The molecule has 6 heteroatoms. The van der Waals surface area contributed by atoms with Crippen LogP contribution in [0.3, 0.4) is 0 Å². The fraction of sp³-hybridized carbons (Fsp3) is 0.231. The highest BCUT2D eigenvalue weighted by Crippen LogP contribution is 2.39. The van der Waals surface area contributed by atoms with Crippen molar-refractivity contribution in [3.05, 3.63) is 29.5 Å². The molecule has 1 aromatic heterocycles. The lowest BCUT2D eigenvalue weighted by Crippen LogP contribution is -1.99. The smallest absolute Gasteiger partial charge is 0.356 e. The van der Waals surface area contributed by atoms with Crippen molar-refractivity contribution in [2.75, 3.05) is 6.79 Å². The minimum absolute atomic E-state index is 0.0211. The van der Waals surface area contributed by atoms with Crippen LogP contribution in [0.1, 0.15) is 16.1 Å². The van der Waals surface area contributed by atoms with Crippen LogP contribution in [0.25, 0.3) is 11.3 Å². The molecule has 3 rings (SSSR count). The second kappa shape index (κ2) is 4.01. The molecule has 1 aliphatic heterocycles. The molecule has 0 saturated heterocycles. The molecule has 2 aromatic rings. The van der Waals surface area contributed by atoms with Gasteiger partial charge in [-0.2, -0.15) is 5.10 Å². The summed E-state index contributed by atoms with van der Waals surface area (Å²) in [6.07, 6.45) is 0. The van der Waals surface area contributed by atoms with Crippen molar-refractivity contribution < 1.29 is 19.4 Å². The molecule has 0 unspecified atom stereocenters. The average molecular weight is 260 g/mol. The first-order valence-corrected chi connectivity index (χ1v) is 5.74. The molecule has 0 saturated carbocycles. The maximum Gasteiger partial charge on any atom is 0.356 e. The maximum absolute atomic E-state index is 10.9. The number of aryl methyl sites for hydroxylation is 2. The lowest BCUT2D eigenvalue weighted by Gasteiger charge is -2.06. The van der Waals surface area contributed by atoms with Gasteiger partial charge in [-0.05, 0) is 30.7 Å². The van der Waals surface area contributed by atoms with Gasteiger partial charge in [-0.3, -0.25) is 4.68 Å². The van der Waals surface area contributed by atoms with E-state index in [1.165, 1.54) is 0 Å². The molecule has 0 fully saturated rings. The summed E-state index contributed by atoms with van der Waals surface area (Å²) in [5, 5.41) is 12.9. The van der Waals surface area contributed by atoms with Crippen molar-refractivity contribution in [1.29, 1.82) is 0 Å². The minimum atomic E-state index is -1.04. The Hall–Kier alpha value is -2.50. The van der Waals surface area contributed by atoms with E-state index in [1.807, 2.05) is 19.1 Å². The number of carboxylic acids is 1. The van der Waals surface area contributed by atoms with Crippen LogP contribution in [-0.4, -0.2) is 27.6 Å². The van der Waals surface area contributed by atoms with Gasteiger partial charge in [0.25, 0.3) is 0 Å². The van der Waals surface area contributed by atoms with Crippen LogP contribution in [-0.2, 0) is 7.05 Å². The van der Waals surface area contributed by atoms with Crippen molar-refractivity contribution in [2.45, 2.75) is 6.92 Å². The van der Waals surface area contributed by atoms with Crippen molar-refractivity contribution in [3.63, 3.8) is 0 Å². The van der Waals surface area contributed by atoms with Crippen LogP contribution >= 0.6 is 0 Å². The standard InChI is InChI=1S/C13H12N2O4/c1-7-3-8(4-11-12(7)19-6-18-11)10-5-9(13(16)17)14-15(10)2/h3-5H,6H2,1-2H3,(H,16,17). The summed E-state index contributed by atoms with van der Waals surface area (Å²) >= 11 is 0. The Morgan fingerprint density at radius 1 is 1.37 bits per heavy atom. The van der Waals surface area contributed by atoms with Crippen molar-refractivity contribution in [1.82, 2.24) is 9.78 Å². The van der Waals surface area contributed by atoms with Gasteiger partial charge >= 0.3 is 5.97 Å². The second-order valence-corrected chi connectivity index (χ2v) is 4.37. The van der Waals surface area contributed by atoms with Crippen LogP contribution in [0.5, 0.6) is 11.5 Å². The second-order valence-electron chi connectivity index (χ2n) is 4.37. The van der Waals surface area contributed by atoms with E-state index in [1.54, 1.807) is 17.8 Å². The highest BCUT2D eigenvalue weighted by Gasteiger charge is 2.20. The van der Waals surface area contributed by atoms with Gasteiger partial charge in [0.05, 0.1) is 5.69 Å². The highest BCUT2D eigenvalue weighted by atomic mass is 16.7. The molecule has 0 bridgehead atoms. The number of carboxylic acid groups (broad SMARTS) is 1. The molecule has 6 nitrogen and oxygen atoms in total. The molecule has 0 amide bonds. The third-order valence-corrected chi connectivity index (χ3v) is 3.05. The molecule has 0 spiro atoms. The molecule has 0 aliphatic carbocycles. The van der Waals surface area contributed by atoms with Crippen molar-refractivity contribution in [3.8, 4) is 22.8 Å². The number of rotatable bonds is 2. The minimum Gasteiger partial charge on any atom is -0.476 e. The van der Waals surface area contributed by atoms with Crippen LogP contribution in [0, 0.1) is 6.92 Å². The largest absolute Gasteiger partial charge is 0.476 e. The topological polar surface area (TPSA) is 73.6 Å². The number of hydrogen-bond donors (Lipinski definition) is 1. The number of aromatic nitrogens is 2. The number of benzene rings is 1. The molecular formula is C13H12N2O4. The molecule has 0 atom stereocenters. The third-order valence-electron chi connectivity index (χ3n) is 3.05. The zero-order chi connectivity index (χ0) is 13.6. The molecule has 98 valence electrons. The van der Waals surface area contributed by atoms with Gasteiger partial charge in [0, 0.05) is 12.6 Å². The van der Waals surface area contributed by atoms with Crippen molar-refractivity contribution in [2.24, 2.45) is 7.05 Å². The van der Waals surface area contributed by atoms with Crippen molar-refractivity contribution >= 4 is 5.97 Å². The van der Waals surface area contributed by atoms with E-state index in [2.05, 4.69) is 5.10 Å². The fourth-order valence-electron chi connectivity index (χ4n) is 2.18. The summed E-state index contributed by atoms with van der Waals surface area (Å²) in [7, 11) is 1.71. The van der Waals surface area contributed by atoms with Crippen LogP contribution in [0.2, 0.25) is 0 Å². The first-order valence-electron chi connectivity index (χ1n) is 5.74. The molecule has 19 heavy (non-hydrogen) atoms. The molecule has 1 aliphatic rings. The van der Waals surface area contributed by atoms with Crippen LogP contribution in [0.15, 0.2) is 18.2 Å². The number of carbonyl (C=O) groups is 1. The van der Waals surface area contributed by atoms with Gasteiger partial charge in [0.1, 0.15) is 0 Å². The lowest BCUT2D eigenvalue weighted by molar-refractivity contribution is 0.0689. The van der Waals surface area contributed by atoms with E-state index in [9.17, 15) is 4.79 Å². The number of nitrogens with zero attached hydrogens (tertiary/aromatic N) is 2. The summed E-state index contributed by atoms with van der Waals surface area (Å²) < 4.78 is 12.3. The SMILES string of the molecule is Cc1cc(-c2cc(C(=O)O)nn2C)cc2c1OCO2. The summed E-state index contributed by atoms with van der Waals surface area (Å²) in [4.78, 5) is 10.9. The predicted octanol–water partition coefficient (Wildman–Crippen LogP) is 1.82. The highest BCUT2D eigenvalue weighted by molar-refractivity contribution is 5.87. The van der Waals surface area contributed by atoms with E-state index >= 15 is 0 Å². The van der Waals surface area contributed by atoms with Crippen LogP contribution < -0.4 is 9.47 Å². The zero-order valence-corrected chi connectivity index (χ0v) is 10.5. The Morgan fingerprint density at radius 2 is 2.16 bits per heavy atom. The monoisotopic (exact) mass is 260 g/mol. The summed E-state index contributed by atoms with van der Waals surface area (Å²) in [6.45, 7) is 2.14.